The molecule has 1 rings (SSSR count). The van der Waals surface area contributed by atoms with E-state index in [1.165, 1.54) is 5.56 Å². The van der Waals surface area contributed by atoms with Crippen LogP contribution in [0.5, 0.6) is 0 Å². The van der Waals surface area contributed by atoms with Gasteiger partial charge in [-0.2, -0.15) is 0 Å². The summed E-state index contributed by atoms with van der Waals surface area (Å²) in [7, 11) is 2.03. The first-order chi connectivity index (χ1) is 7.79. The van der Waals surface area contributed by atoms with E-state index < -0.39 is 0 Å². The topological polar surface area (TPSA) is 12.0 Å². The zero-order chi connectivity index (χ0) is 11.8. The van der Waals surface area contributed by atoms with Crippen molar-refractivity contribution in [1.82, 2.24) is 5.32 Å². The van der Waals surface area contributed by atoms with E-state index in [1.54, 1.807) is 0 Å². The largest absolute Gasteiger partial charge is 0.316 e. The molecule has 2 unspecified atom stereocenters. The molecule has 0 bridgehead atoms. The van der Waals surface area contributed by atoms with Gasteiger partial charge in [-0.25, -0.2) is 0 Å². The van der Waals surface area contributed by atoms with Crippen molar-refractivity contribution in [3.63, 3.8) is 0 Å². The van der Waals surface area contributed by atoms with Crippen molar-refractivity contribution in [3.8, 4) is 12.3 Å². The van der Waals surface area contributed by atoms with Crippen LogP contribution in [0.1, 0.15) is 37.7 Å². The van der Waals surface area contributed by atoms with Gasteiger partial charge in [0.2, 0.25) is 0 Å². The normalized spacial score (nSPS) is 14.1. The summed E-state index contributed by atoms with van der Waals surface area (Å²) in [5.74, 6) is 3.23. The smallest absolute Gasteiger partial charge is 0.0130 e. The molecule has 0 amide bonds. The van der Waals surface area contributed by atoms with Gasteiger partial charge in [-0.15, -0.1) is 12.3 Å². The maximum absolute atomic E-state index is 5.27. The van der Waals surface area contributed by atoms with E-state index >= 15 is 0 Å². The molecule has 2 atom stereocenters. The van der Waals surface area contributed by atoms with Crippen molar-refractivity contribution >= 4 is 0 Å². The molecule has 0 aliphatic carbocycles. The van der Waals surface area contributed by atoms with Gasteiger partial charge in [-0.05, 0) is 31.4 Å². The summed E-state index contributed by atoms with van der Waals surface area (Å²) < 4.78 is 0. The molecular weight excluding hydrogens is 194 g/mol. The molecule has 86 valence electrons. The van der Waals surface area contributed by atoms with Crippen molar-refractivity contribution in [2.24, 2.45) is 0 Å². The van der Waals surface area contributed by atoms with Crippen molar-refractivity contribution in [1.29, 1.82) is 0 Å². The van der Waals surface area contributed by atoms with Crippen molar-refractivity contribution in [2.75, 3.05) is 7.05 Å². The van der Waals surface area contributed by atoms with Gasteiger partial charge in [0.25, 0.3) is 0 Å². The third-order valence-corrected chi connectivity index (χ3v) is 3.14. The van der Waals surface area contributed by atoms with E-state index in [4.69, 9.17) is 6.42 Å². The lowest BCUT2D eigenvalue weighted by Gasteiger charge is -2.23. The Balaban J connectivity index is 2.56. The monoisotopic (exact) mass is 215 g/mol. The highest BCUT2D eigenvalue weighted by Gasteiger charge is 2.16. The predicted molar refractivity (Wildman–Crippen MR) is 70.4 cm³/mol. The molecule has 0 heterocycles. The predicted octanol–water partition coefficient (Wildman–Crippen LogP) is 3.18. The van der Waals surface area contributed by atoms with Crippen molar-refractivity contribution < 1.29 is 0 Å². The fraction of sp³-hybridized carbons (Fsp3) is 0.467. The molecule has 1 heteroatoms. The van der Waals surface area contributed by atoms with Gasteiger partial charge in [0.05, 0.1) is 0 Å². The molecule has 1 nitrogen and oxygen atoms in total. The molecule has 0 fully saturated rings. The molecule has 0 radical (unpaired) electrons. The van der Waals surface area contributed by atoms with Crippen LogP contribution in [0.3, 0.4) is 0 Å². The minimum atomic E-state index is 0.510. The molecule has 0 saturated heterocycles. The summed E-state index contributed by atoms with van der Waals surface area (Å²) in [6.07, 6.45) is 8.38. The molecule has 0 aliphatic heterocycles. The van der Waals surface area contributed by atoms with Crippen LogP contribution < -0.4 is 5.32 Å². The quantitative estimate of drug-likeness (QED) is 0.567. The highest BCUT2D eigenvalue weighted by atomic mass is 14.9. The Hall–Kier alpha value is -1.26. The molecule has 1 aromatic carbocycles. The van der Waals surface area contributed by atoms with Gasteiger partial charge < -0.3 is 5.32 Å². The molecule has 0 saturated carbocycles. The highest BCUT2D eigenvalue weighted by Crippen LogP contribution is 2.21. The lowest BCUT2D eigenvalue weighted by atomic mass is 9.90. The maximum atomic E-state index is 5.27. The Labute approximate surface area is 99.3 Å². The van der Waals surface area contributed by atoms with E-state index in [9.17, 15) is 0 Å². The lowest BCUT2D eigenvalue weighted by molar-refractivity contribution is 0.446. The summed E-state index contributed by atoms with van der Waals surface area (Å²) in [5, 5.41) is 3.39. The zero-order valence-corrected chi connectivity index (χ0v) is 10.2. The van der Waals surface area contributed by atoms with Crippen LogP contribution in [-0.4, -0.2) is 13.1 Å². The number of hydrogen-bond acceptors (Lipinski definition) is 1. The Morgan fingerprint density at radius 3 is 2.56 bits per heavy atom. The first-order valence-corrected chi connectivity index (χ1v) is 5.95. The van der Waals surface area contributed by atoms with Crippen molar-refractivity contribution in [3.05, 3.63) is 35.9 Å². The first-order valence-electron chi connectivity index (χ1n) is 5.95. The van der Waals surface area contributed by atoms with Gasteiger partial charge >= 0.3 is 0 Å². The van der Waals surface area contributed by atoms with Gasteiger partial charge in [-0.1, -0.05) is 37.3 Å². The van der Waals surface area contributed by atoms with Crippen LogP contribution >= 0.6 is 0 Å². The SMILES string of the molecule is C#CCCCC(NC)C(C)c1ccccc1. The summed E-state index contributed by atoms with van der Waals surface area (Å²) >= 11 is 0. The summed E-state index contributed by atoms with van der Waals surface area (Å²) in [5.41, 5.74) is 1.39. The molecule has 1 aromatic rings. The van der Waals surface area contributed by atoms with Gasteiger partial charge in [0, 0.05) is 12.5 Å². The van der Waals surface area contributed by atoms with E-state index in [0.717, 1.165) is 19.3 Å². The number of unbranched alkanes of at least 4 members (excludes halogenated alkanes) is 1. The average Bonchev–Trinajstić information content (AvgIpc) is 2.35. The highest BCUT2D eigenvalue weighted by molar-refractivity contribution is 5.20. The van der Waals surface area contributed by atoms with Crippen LogP contribution in [0.25, 0.3) is 0 Å². The van der Waals surface area contributed by atoms with Gasteiger partial charge in [0.1, 0.15) is 0 Å². The third kappa shape index (κ3) is 3.72. The Bertz CT molecular complexity index is 323. The summed E-state index contributed by atoms with van der Waals surface area (Å²) in [4.78, 5) is 0. The van der Waals surface area contributed by atoms with Crippen LogP contribution in [0.2, 0.25) is 0 Å². The van der Waals surface area contributed by atoms with E-state index in [0.29, 0.717) is 12.0 Å². The standard InChI is InChI=1S/C15H21N/c1-4-5-7-12-15(16-3)13(2)14-10-8-6-9-11-14/h1,6,8-11,13,15-16H,5,7,12H2,2-3H3. The number of hydrogen-bond donors (Lipinski definition) is 1. The van der Waals surface area contributed by atoms with Crippen LogP contribution in [0.4, 0.5) is 0 Å². The van der Waals surface area contributed by atoms with E-state index in [2.05, 4.69) is 48.5 Å². The first kappa shape index (κ1) is 12.8. The number of rotatable bonds is 6. The second-order valence-electron chi connectivity index (χ2n) is 4.19. The fourth-order valence-corrected chi connectivity index (χ4v) is 2.06. The third-order valence-electron chi connectivity index (χ3n) is 3.14. The second kappa shape index (κ2) is 7.09. The zero-order valence-electron chi connectivity index (χ0n) is 10.2. The minimum absolute atomic E-state index is 0.510. The van der Waals surface area contributed by atoms with Crippen LogP contribution in [0, 0.1) is 12.3 Å². The molecular formula is C15H21N. The molecule has 16 heavy (non-hydrogen) atoms. The van der Waals surface area contributed by atoms with E-state index in [1.807, 2.05) is 7.05 Å². The Morgan fingerprint density at radius 2 is 2.00 bits per heavy atom. The van der Waals surface area contributed by atoms with Crippen LogP contribution in [0.15, 0.2) is 30.3 Å². The van der Waals surface area contributed by atoms with Gasteiger partial charge in [-0.3, -0.25) is 0 Å². The van der Waals surface area contributed by atoms with Crippen molar-refractivity contribution in [2.45, 2.75) is 38.1 Å². The van der Waals surface area contributed by atoms with E-state index in [-0.39, 0.29) is 0 Å². The van der Waals surface area contributed by atoms with Crippen LogP contribution in [-0.2, 0) is 0 Å². The number of nitrogens with one attached hydrogen (secondary N) is 1. The molecule has 1 N–H and O–H groups in total. The summed E-state index contributed by atoms with van der Waals surface area (Å²) in [6.45, 7) is 2.27. The molecule has 0 aliphatic rings. The Kier molecular flexibility index (Phi) is 5.67. The number of benzene rings is 1. The molecule has 0 aromatic heterocycles. The molecule has 0 spiro atoms. The lowest BCUT2D eigenvalue weighted by Crippen LogP contribution is -2.30. The fourth-order valence-electron chi connectivity index (χ4n) is 2.06. The minimum Gasteiger partial charge on any atom is -0.316 e. The number of terminal acetylenes is 1. The summed E-state index contributed by atoms with van der Waals surface area (Å²) in [6, 6.07) is 11.1. The average molecular weight is 215 g/mol. The number of likely N-dealkylation sites (N-methyl/N-ethyl adjacent to an activating group) is 1. The second-order valence-corrected chi connectivity index (χ2v) is 4.19. The van der Waals surface area contributed by atoms with Gasteiger partial charge in [0.15, 0.2) is 0 Å². The maximum Gasteiger partial charge on any atom is 0.0130 e. The Morgan fingerprint density at radius 1 is 1.31 bits per heavy atom.